The number of ether oxygens (including phenoxy) is 1. The fourth-order valence-corrected chi connectivity index (χ4v) is 2.09. The first-order valence-electron chi connectivity index (χ1n) is 7.55. The number of hydrogen-bond donors (Lipinski definition) is 2. The van der Waals surface area contributed by atoms with Crippen LogP contribution in [0.3, 0.4) is 0 Å². The van der Waals surface area contributed by atoms with Crippen molar-refractivity contribution in [2.45, 2.75) is 20.3 Å². The summed E-state index contributed by atoms with van der Waals surface area (Å²) in [5.74, 6) is 1.30. The number of aryl methyl sites for hydroxylation is 1. The van der Waals surface area contributed by atoms with Gasteiger partial charge < -0.3 is 15.4 Å². The number of rotatable bonds is 8. The molecule has 1 aromatic heterocycles. The van der Waals surface area contributed by atoms with Crippen molar-refractivity contribution < 1.29 is 9.53 Å². The summed E-state index contributed by atoms with van der Waals surface area (Å²) in [6.45, 7) is 4.91. The summed E-state index contributed by atoms with van der Waals surface area (Å²) in [4.78, 5) is 20.3. The number of nitrogens with one attached hydrogen (secondary N) is 2. The van der Waals surface area contributed by atoms with Gasteiger partial charge in [0.1, 0.15) is 5.82 Å². The number of benzene rings is 1. The molecule has 0 saturated carbocycles. The molecule has 0 unspecified atom stereocenters. The summed E-state index contributed by atoms with van der Waals surface area (Å²) in [6.07, 6.45) is 0.886. The lowest BCUT2D eigenvalue weighted by atomic mass is 10.1. The smallest absolute Gasteiger partial charge is 0.224 e. The van der Waals surface area contributed by atoms with E-state index in [0.717, 1.165) is 24.3 Å². The average Bonchev–Trinajstić information content (AvgIpc) is 2.51. The van der Waals surface area contributed by atoms with Crippen LogP contribution in [0, 0.1) is 6.92 Å². The molecule has 1 heterocycles. The molecule has 1 aromatic carbocycles. The Bertz CT molecular complexity index is 673. The van der Waals surface area contributed by atoms with Crippen molar-refractivity contribution in [3.05, 3.63) is 41.6 Å². The van der Waals surface area contributed by atoms with Gasteiger partial charge in [-0.15, -0.1) is 0 Å². The van der Waals surface area contributed by atoms with Gasteiger partial charge in [-0.2, -0.15) is 4.98 Å². The molecule has 0 spiro atoms. The van der Waals surface area contributed by atoms with Gasteiger partial charge >= 0.3 is 0 Å². The van der Waals surface area contributed by atoms with Crippen molar-refractivity contribution in [3.8, 4) is 0 Å². The number of carbonyl (C=O) groups is 1. The van der Waals surface area contributed by atoms with Crippen LogP contribution in [0.25, 0.3) is 0 Å². The van der Waals surface area contributed by atoms with Crippen molar-refractivity contribution >= 4 is 23.2 Å². The van der Waals surface area contributed by atoms with E-state index in [2.05, 4.69) is 20.6 Å². The third kappa shape index (κ3) is 5.34. The minimum atomic E-state index is 0.0352. The highest BCUT2D eigenvalue weighted by atomic mass is 16.5. The molecule has 6 nitrogen and oxygen atoms in total. The van der Waals surface area contributed by atoms with Gasteiger partial charge in [0, 0.05) is 43.3 Å². The first-order valence-corrected chi connectivity index (χ1v) is 7.55. The minimum absolute atomic E-state index is 0.0352. The Morgan fingerprint density at radius 2 is 2.09 bits per heavy atom. The van der Waals surface area contributed by atoms with Gasteiger partial charge in [0.05, 0.1) is 0 Å². The number of Topliss-reactive ketones (excluding diaryl/α,β-unsaturated/α-hetero) is 1. The molecule has 2 N–H and O–H groups in total. The van der Waals surface area contributed by atoms with Crippen LogP contribution in [0.1, 0.15) is 29.4 Å². The van der Waals surface area contributed by atoms with Crippen molar-refractivity contribution in [3.63, 3.8) is 0 Å². The Labute approximate surface area is 136 Å². The van der Waals surface area contributed by atoms with Crippen LogP contribution in [0.5, 0.6) is 0 Å². The van der Waals surface area contributed by atoms with Gasteiger partial charge in [0.25, 0.3) is 0 Å². The molecule has 0 aliphatic carbocycles. The topological polar surface area (TPSA) is 76.1 Å². The molecular formula is C17H22N4O2. The molecule has 0 fully saturated rings. The molecule has 0 bridgehead atoms. The van der Waals surface area contributed by atoms with E-state index in [-0.39, 0.29) is 5.78 Å². The molecule has 0 amide bonds. The average molecular weight is 314 g/mol. The molecule has 0 aliphatic heterocycles. The number of carbonyl (C=O) groups excluding carboxylic acids is 1. The van der Waals surface area contributed by atoms with E-state index in [0.29, 0.717) is 23.9 Å². The maximum Gasteiger partial charge on any atom is 0.224 e. The number of aromatic nitrogens is 2. The predicted octanol–water partition coefficient (Wildman–Crippen LogP) is 3.18. The summed E-state index contributed by atoms with van der Waals surface area (Å²) in [5.41, 5.74) is 2.35. The van der Waals surface area contributed by atoms with Crippen LogP contribution < -0.4 is 10.6 Å². The molecule has 2 aromatic rings. The molecule has 0 aliphatic rings. The van der Waals surface area contributed by atoms with Gasteiger partial charge in [0.2, 0.25) is 5.95 Å². The summed E-state index contributed by atoms with van der Waals surface area (Å²) in [6, 6.07) is 9.21. The zero-order valence-corrected chi connectivity index (χ0v) is 13.7. The van der Waals surface area contributed by atoms with Crippen LogP contribution in [-0.4, -0.2) is 36.0 Å². The number of methoxy groups -OCH3 is 1. The van der Waals surface area contributed by atoms with Gasteiger partial charge in [-0.05, 0) is 32.4 Å². The van der Waals surface area contributed by atoms with Crippen LogP contribution >= 0.6 is 0 Å². The van der Waals surface area contributed by atoms with E-state index in [4.69, 9.17) is 4.74 Å². The van der Waals surface area contributed by atoms with Crippen LogP contribution in [0.15, 0.2) is 30.3 Å². The van der Waals surface area contributed by atoms with Crippen molar-refractivity contribution in [1.29, 1.82) is 0 Å². The fourth-order valence-electron chi connectivity index (χ4n) is 2.09. The predicted molar refractivity (Wildman–Crippen MR) is 91.5 cm³/mol. The summed E-state index contributed by atoms with van der Waals surface area (Å²) >= 11 is 0. The highest BCUT2D eigenvalue weighted by Crippen LogP contribution is 2.18. The highest BCUT2D eigenvalue weighted by molar-refractivity contribution is 5.95. The molecule has 0 atom stereocenters. The number of ketones is 1. The quantitative estimate of drug-likeness (QED) is 0.576. The monoisotopic (exact) mass is 314 g/mol. The minimum Gasteiger partial charge on any atom is -0.385 e. The normalized spacial score (nSPS) is 10.4. The summed E-state index contributed by atoms with van der Waals surface area (Å²) in [7, 11) is 1.68. The van der Waals surface area contributed by atoms with Crippen LogP contribution in [0.4, 0.5) is 17.5 Å². The molecular weight excluding hydrogens is 292 g/mol. The van der Waals surface area contributed by atoms with Gasteiger partial charge in [-0.25, -0.2) is 4.98 Å². The lowest BCUT2D eigenvalue weighted by molar-refractivity contribution is 0.101. The van der Waals surface area contributed by atoms with Gasteiger partial charge in [-0.1, -0.05) is 12.1 Å². The Morgan fingerprint density at radius 3 is 2.83 bits per heavy atom. The molecule has 122 valence electrons. The Kier molecular flexibility index (Phi) is 6.05. The zero-order chi connectivity index (χ0) is 16.7. The van der Waals surface area contributed by atoms with Crippen molar-refractivity contribution in [2.75, 3.05) is 30.9 Å². The standard InChI is InChI=1S/C17H22N4O2/c1-12-10-16(21-17(19-12)18-8-5-9-23-3)20-15-7-4-6-14(11-15)13(2)22/h4,6-7,10-11H,5,8-9H2,1-3H3,(H2,18,19,20,21). The largest absolute Gasteiger partial charge is 0.385 e. The van der Waals surface area contributed by atoms with Crippen molar-refractivity contribution in [1.82, 2.24) is 9.97 Å². The Morgan fingerprint density at radius 1 is 1.26 bits per heavy atom. The lowest BCUT2D eigenvalue weighted by Gasteiger charge is -2.10. The Balaban J connectivity index is 2.09. The number of hydrogen-bond acceptors (Lipinski definition) is 6. The van der Waals surface area contributed by atoms with E-state index in [9.17, 15) is 4.79 Å². The van der Waals surface area contributed by atoms with E-state index in [1.165, 1.54) is 0 Å². The third-order valence-corrected chi connectivity index (χ3v) is 3.20. The lowest BCUT2D eigenvalue weighted by Crippen LogP contribution is -2.09. The molecule has 0 radical (unpaired) electrons. The summed E-state index contributed by atoms with van der Waals surface area (Å²) in [5, 5.41) is 6.39. The second-order valence-corrected chi connectivity index (χ2v) is 5.25. The fraction of sp³-hybridized carbons (Fsp3) is 0.353. The summed E-state index contributed by atoms with van der Waals surface area (Å²) < 4.78 is 5.02. The molecule has 2 rings (SSSR count). The van der Waals surface area contributed by atoms with E-state index in [1.54, 1.807) is 20.1 Å². The van der Waals surface area contributed by atoms with E-state index >= 15 is 0 Å². The highest BCUT2D eigenvalue weighted by Gasteiger charge is 2.04. The van der Waals surface area contributed by atoms with Crippen molar-refractivity contribution in [2.24, 2.45) is 0 Å². The van der Waals surface area contributed by atoms with E-state index in [1.807, 2.05) is 31.2 Å². The maximum atomic E-state index is 11.5. The third-order valence-electron chi connectivity index (χ3n) is 3.20. The maximum absolute atomic E-state index is 11.5. The first kappa shape index (κ1) is 16.9. The molecule has 0 saturated heterocycles. The van der Waals surface area contributed by atoms with Crippen LogP contribution in [-0.2, 0) is 4.74 Å². The zero-order valence-electron chi connectivity index (χ0n) is 13.7. The van der Waals surface area contributed by atoms with E-state index < -0.39 is 0 Å². The number of nitrogens with zero attached hydrogens (tertiary/aromatic N) is 2. The Hall–Kier alpha value is -2.47. The number of anilines is 3. The second-order valence-electron chi connectivity index (χ2n) is 5.25. The second kappa shape index (κ2) is 8.24. The molecule has 23 heavy (non-hydrogen) atoms. The SMILES string of the molecule is COCCCNc1nc(C)cc(Nc2cccc(C(C)=O)c2)n1. The molecule has 6 heteroatoms. The van der Waals surface area contributed by atoms with Crippen LogP contribution in [0.2, 0.25) is 0 Å². The van der Waals surface area contributed by atoms with Gasteiger partial charge in [0.15, 0.2) is 5.78 Å². The first-order chi connectivity index (χ1) is 11.1. The van der Waals surface area contributed by atoms with Gasteiger partial charge in [-0.3, -0.25) is 4.79 Å².